The lowest BCUT2D eigenvalue weighted by molar-refractivity contribution is 0.478. The number of nitrogens with one attached hydrogen (secondary N) is 1. The van der Waals surface area contributed by atoms with Crippen molar-refractivity contribution in [3.05, 3.63) is 11.1 Å². The third kappa shape index (κ3) is 2.57. The molecule has 0 aromatic carbocycles. The molecule has 76 valence electrons. The van der Waals surface area contributed by atoms with Gasteiger partial charge in [0.25, 0.3) is 0 Å². The predicted octanol–water partition coefficient (Wildman–Crippen LogP) is 2.98. The predicted molar refractivity (Wildman–Crippen MR) is 58.8 cm³/mol. The van der Waals surface area contributed by atoms with Crippen LogP contribution in [0.5, 0.6) is 0 Å². The molecule has 0 spiro atoms. The van der Waals surface area contributed by atoms with Crippen LogP contribution in [0.2, 0.25) is 0 Å². The summed E-state index contributed by atoms with van der Waals surface area (Å²) in [5, 5.41) is 3.54. The van der Waals surface area contributed by atoms with Crippen molar-refractivity contribution in [2.75, 3.05) is 6.54 Å². The van der Waals surface area contributed by atoms with Gasteiger partial charge in [0, 0.05) is 12.6 Å². The summed E-state index contributed by atoms with van der Waals surface area (Å²) < 4.78 is 0. The minimum Gasteiger partial charge on any atom is -0.310 e. The Hall–Kier alpha value is -0.300. The van der Waals surface area contributed by atoms with E-state index >= 15 is 0 Å². The summed E-state index contributed by atoms with van der Waals surface area (Å²) in [5.41, 5.74) is 3.34. The van der Waals surface area contributed by atoms with Crippen LogP contribution >= 0.6 is 0 Å². The van der Waals surface area contributed by atoms with Crippen molar-refractivity contribution >= 4 is 0 Å². The molecule has 1 atom stereocenters. The van der Waals surface area contributed by atoms with Crippen molar-refractivity contribution in [3.63, 3.8) is 0 Å². The minimum atomic E-state index is 0.667. The van der Waals surface area contributed by atoms with Gasteiger partial charge in [0.2, 0.25) is 0 Å². The molecule has 0 saturated carbocycles. The Balaban J connectivity index is 2.87. The molecule has 0 fully saturated rings. The number of hydrogen-bond acceptors (Lipinski definition) is 1. The Morgan fingerprint density at radius 3 is 2.08 bits per heavy atom. The average Bonchev–Trinajstić information content (AvgIpc) is 2.03. The molecule has 13 heavy (non-hydrogen) atoms. The first kappa shape index (κ1) is 10.8. The normalized spacial score (nSPS) is 24.7. The second kappa shape index (κ2) is 4.28. The first-order valence-corrected chi connectivity index (χ1v) is 5.47. The third-order valence-corrected chi connectivity index (χ3v) is 2.97. The van der Waals surface area contributed by atoms with E-state index in [0.717, 1.165) is 12.5 Å². The highest BCUT2D eigenvalue weighted by molar-refractivity contribution is 5.23. The summed E-state index contributed by atoms with van der Waals surface area (Å²) in [6.07, 6.45) is 1.24. The van der Waals surface area contributed by atoms with Crippen LogP contribution < -0.4 is 5.32 Å². The molecule has 0 aliphatic carbocycles. The molecule has 1 aliphatic rings. The Morgan fingerprint density at radius 1 is 1.08 bits per heavy atom. The third-order valence-electron chi connectivity index (χ3n) is 2.97. The molecule has 1 N–H and O–H groups in total. The van der Waals surface area contributed by atoms with Gasteiger partial charge in [-0.1, -0.05) is 38.8 Å². The van der Waals surface area contributed by atoms with Crippen molar-refractivity contribution in [3.8, 4) is 0 Å². The summed E-state index contributed by atoms with van der Waals surface area (Å²) in [6, 6.07) is 0.667. The van der Waals surface area contributed by atoms with Crippen LogP contribution in [0.15, 0.2) is 11.1 Å². The van der Waals surface area contributed by atoms with Crippen LogP contribution in [0.3, 0.4) is 0 Å². The maximum atomic E-state index is 3.54. The lowest BCUT2D eigenvalue weighted by Gasteiger charge is -2.30. The first-order chi connectivity index (χ1) is 6.02. The molecular formula is C12H23N. The standard InChI is InChI=1S/C12H23N/c1-8(2)11-6-10(5)13-7-12(11)9(3)4/h8-10,13H,6-7H2,1-5H3. The maximum Gasteiger partial charge on any atom is 0.0172 e. The van der Waals surface area contributed by atoms with Gasteiger partial charge in [0.15, 0.2) is 0 Å². The van der Waals surface area contributed by atoms with Gasteiger partial charge in [0.1, 0.15) is 0 Å². The molecule has 1 heterocycles. The summed E-state index contributed by atoms with van der Waals surface area (Å²) >= 11 is 0. The Morgan fingerprint density at radius 2 is 1.62 bits per heavy atom. The fourth-order valence-electron chi connectivity index (χ4n) is 2.11. The Bertz CT molecular complexity index is 201. The van der Waals surface area contributed by atoms with Gasteiger partial charge in [-0.05, 0) is 25.2 Å². The van der Waals surface area contributed by atoms with Gasteiger partial charge in [-0.15, -0.1) is 0 Å². The smallest absolute Gasteiger partial charge is 0.0172 e. The SMILES string of the molecule is CC1CC(C(C)C)=C(C(C)C)CN1. The van der Waals surface area contributed by atoms with Gasteiger partial charge in [0.05, 0.1) is 0 Å². The molecule has 0 bridgehead atoms. The van der Waals surface area contributed by atoms with Crippen molar-refractivity contribution in [2.24, 2.45) is 11.8 Å². The van der Waals surface area contributed by atoms with Crippen LogP contribution in [-0.4, -0.2) is 12.6 Å². The van der Waals surface area contributed by atoms with Crippen LogP contribution in [0.1, 0.15) is 41.0 Å². The summed E-state index contributed by atoms with van der Waals surface area (Å²) in [6.45, 7) is 12.6. The highest BCUT2D eigenvalue weighted by atomic mass is 14.9. The fourth-order valence-corrected chi connectivity index (χ4v) is 2.11. The minimum absolute atomic E-state index is 0.667. The van der Waals surface area contributed by atoms with E-state index in [2.05, 4.69) is 39.9 Å². The van der Waals surface area contributed by atoms with E-state index in [0.29, 0.717) is 12.0 Å². The molecule has 0 saturated heterocycles. The average molecular weight is 181 g/mol. The van der Waals surface area contributed by atoms with Crippen molar-refractivity contribution in [1.29, 1.82) is 0 Å². The van der Waals surface area contributed by atoms with E-state index in [1.807, 2.05) is 0 Å². The second-order valence-electron chi connectivity index (χ2n) is 4.85. The largest absolute Gasteiger partial charge is 0.310 e. The van der Waals surface area contributed by atoms with E-state index in [4.69, 9.17) is 0 Å². The van der Waals surface area contributed by atoms with Gasteiger partial charge < -0.3 is 5.32 Å². The van der Waals surface area contributed by atoms with Crippen LogP contribution in [0.25, 0.3) is 0 Å². The van der Waals surface area contributed by atoms with E-state index in [1.165, 1.54) is 6.42 Å². The summed E-state index contributed by atoms with van der Waals surface area (Å²) in [7, 11) is 0. The van der Waals surface area contributed by atoms with Gasteiger partial charge in [-0.25, -0.2) is 0 Å². The number of hydrogen-bond donors (Lipinski definition) is 1. The molecule has 1 unspecified atom stereocenters. The van der Waals surface area contributed by atoms with E-state index in [-0.39, 0.29) is 0 Å². The zero-order valence-corrected chi connectivity index (χ0v) is 9.65. The monoisotopic (exact) mass is 181 g/mol. The molecule has 0 aromatic heterocycles. The molecule has 1 heteroatoms. The summed E-state index contributed by atoms with van der Waals surface area (Å²) in [5.74, 6) is 1.43. The van der Waals surface area contributed by atoms with Gasteiger partial charge >= 0.3 is 0 Å². The highest BCUT2D eigenvalue weighted by Gasteiger charge is 2.20. The highest BCUT2D eigenvalue weighted by Crippen LogP contribution is 2.27. The van der Waals surface area contributed by atoms with Crippen molar-refractivity contribution < 1.29 is 0 Å². The van der Waals surface area contributed by atoms with Crippen LogP contribution in [0, 0.1) is 11.8 Å². The first-order valence-electron chi connectivity index (χ1n) is 5.47. The molecule has 0 aromatic rings. The summed E-state index contributed by atoms with van der Waals surface area (Å²) in [4.78, 5) is 0. The fraction of sp³-hybridized carbons (Fsp3) is 0.833. The second-order valence-corrected chi connectivity index (χ2v) is 4.85. The molecule has 1 aliphatic heterocycles. The molecule has 0 amide bonds. The quantitative estimate of drug-likeness (QED) is 0.646. The lowest BCUT2D eigenvalue weighted by atomic mass is 9.84. The number of rotatable bonds is 2. The van der Waals surface area contributed by atoms with E-state index in [1.54, 1.807) is 11.1 Å². The van der Waals surface area contributed by atoms with Crippen molar-refractivity contribution in [1.82, 2.24) is 5.32 Å². The molecule has 0 radical (unpaired) electrons. The van der Waals surface area contributed by atoms with Gasteiger partial charge in [-0.2, -0.15) is 0 Å². The van der Waals surface area contributed by atoms with Crippen LogP contribution in [-0.2, 0) is 0 Å². The van der Waals surface area contributed by atoms with E-state index < -0.39 is 0 Å². The zero-order valence-electron chi connectivity index (χ0n) is 9.65. The van der Waals surface area contributed by atoms with Crippen molar-refractivity contribution in [2.45, 2.75) is 47.1 Å². The topological polar surface area (TPSA) is 12.0 Å². The molecule has 1 nitrogen and oxygen atoms in total. The lowest BCUT2D eigenvalue weighted by Crippen LogP contribution is -2.35. The zero-order chi connectivity index (χ0) is 10.0. The molecule has 1 rings (SSSR count). The van der Waals surface area contributed by atoms with E-state index in [9.17, 15) is 0 Å². The Labute approximate surface area is 82.6 Å². The van der Waals surface area contributed by atoms with Gasteiger partial charge in [-0.3, -0.25) is 0 Å². The molecular weight excluding hydrogens is 158 g/mol. The maximum absolute atomic E-state index is 3.54. The van der Waals surface area contributed by atoms with Crippen LogP contribution in [0.4, 0.5) is 0 Å². The Kier molecular flexibility index (Phi) is 3.55.